The largest absolute Gasteiger partial charge is 0.477 e. The summed E-state index contributed by atoms with van der Waals surface area (Å²) in [5, 5.41) is 3.07. The number of hydrogen-bond donors (Lipinski definition) is 2. The summed E-state index contributed by atoms with van der Waals surface area (Å²) in [6.07, 6.45) is 3.84. The molecule has 3 rings (SSSR count). The third kappa shape index (κ3) is 7.82. The number of aryl methyl sites for hydroxylation is 1. The Kier molecular flexibility index (Phi) is 10.3. The summed E-state index contributed by atoms with van der Waals surface area (Å²) >= 11 is 0. The van der Waals surface area contributed by atoms with Crippen molar-refractivity contribution in [3.63, 3.8) is 0 Å². The third-order valence-corrected chi connectivity index (χ3v) is 5.85. The molecule has 0 unspecified atom stereocenters. The molecule has 0 spiro atoms. The Morgan fingerprint density at radius 2 is 1.90 bits per heavy atom. The topological polar surface area (TPSA) is 115 Å². The molecule has 0 aliphatic heterocycles. The standard InChI is InChI=1S/C29H31F3N6O2/c1-18-16-20(17-22(36-18)26(31)32)24-25(19-9-11-21(30)12-10-19)37-28(33)38-27(24)40-15-7-5-6-8-23(34-4)29(2,3)35-13-14-39/h5-6,8-12,14,16-17,26,35H,4,7,13,15H2,1-3H3,(H2,33,37,38)/b6-5-,23-8-. The number of nitrogens with one attached hydrogen (secondary N) is 1. The number of benzene rings is 1. The number of nitrogens with zero attached hydrogens (tertiary/aromatic N) is 4. The van der Waals surface area contributed by atoms with Gasteiger partial charge in [0.25, 0.3) is 6.43 Å². The number of ether oxygens (including phenoxy) is 1. The van der Waals surface area contributed by atoms with E-state index in [0.29, 0.717) is 40.2 Å². The van der Waals surface area contributed by atoms with Crippen LogP contribution in [0, 0.1) is 12.7 Å². The van der Waals surface area contributed by atoms with E-state index in [4.69, 9.17) is 10.5 Å². The van der Waals surface area contributed by atoms with E-state index < -0.39 is 23.5 Å². The number of rotatable bonds is 13. The van der Waals surface area contributed by atoms with Gasteiger partial charge >= 0.3 is 0 Å². The lowest BCUT2D eigenvalue weighted by atomic mass is 9.99. The molecule has 0 saturated heterocycles. The van der Waals surface area contributed by atoms with Crippen LogP contribution in [0.2, 0.25) is 0 Å². The lowest BCUT2D eigenvalue weighted by Crippen LogP contribution is -2.41. The summed E-state index contributed by atoms with van der Waals surface area (Å²) in [5.74, 6) is -0.445. The van der Waals surface area contributed by atoms with Crippen LogP contribution in [-0.4, -0.2) is 46.6 Å². The molecule has 3 N–H and O–H groups in total. The number of aliphatic imine (C=N–C) groups is 1. The molecule has 0 amide bonds. The van der Waals surface area contributed by atoms with Crippen molar-refractivity contribution in [1.29, 1.82) is 0 Å². The maximum Gasteiger partial charge on any atom is 0.280 e. The summed E-state index contributed by atoms with van der Waals surface area (Å²) in [5.41, 5.74) is 7.53. The Labute approximate surface area is 230 Å². The zero-order valence-electron chi connectivity index (χ0n) is 22.5. The van der Waals surface area contributed by atoms with Crippen molar-refractivity contribution in [2.24, 2.45) is 4.99 Å². The molecule has 3 aromatic rings. The number of anilines is 1. The van der Waals surface area contributed by atoms with Crippen molar-refractivity contribution in [1.82, 2.24) is 20.3 Å². The van der Waals surface area contributed by atoms with Gasteiger partial charge in [-0.25, -0.2) is 18.2 Å². The molecule has 210 valence electrons. The number of nitrogens with two attached hydrogens (primary N) is 1. The Bertz CT molecular complexity index is 1410. The van der Waals surface area contributed by atoms with E-state index in [1.807, 2.05) is 19.9 Å². The van der Waals surface area contributed by atoms with Crippen molar-refractivity contribution >= 4 is 19.0 Å². The molecular weight excluding hydrogens is 521 g/mol. The highest BCUT2D eigenvalue weighted by Gasteiger charge is 2.22. The van der Waals surface area contributed by atoms with Crippen LogP contribution in [0.3, 0.4) is 0 Å². The van der Waals surface area contributed by atoms with Crippen molar-refractivity contribution in [3.8, 4) is 28.3 Å². The molecule has 0 saturated carbocycles. The van der Waals surface area contributed by atoms with E-state index in [2.05, 4.69) is 32.0 Å². The van der Waals surface area contributed by atoms with Gasteiger partial charge in [0.1, 0.15) is 17.8 Å². The number of pyridine rings is 1. The molecule has 1 aromatic carbocycles. The zero-order chi connectivity index (χ0) is 29.3. The number of carbonyl (C=O) groups excluding carboxylic acids is 1. The monoisotopic (exact) mass is 552 g/mol. The Hall–Kier alpha value is -4.38. The first-order valence-corrected chi connectivity index (χ1v) is 12.4. The van der Waals surface area contributed by atoms with Gasteiger partial charge in [0.2, 0.25) is 11.8 Å². The number of allylic oxidation sites excluding steroid dienone is 2. The van der Waals surface area contributed by atoms with Crippen LogP contribution in [-0.2, 0) is 4.79 Å². The summed E-state index contributed by atoms with van der Waals surface area (Å²) in [6, 6.07) is 8.43. The van der Waals surface area contributed by atoms with Gasteiger partial charge in [-0.15, -0.1) is 0 Å². The number of nitrogen functional groups attached to an aromatic ring is 1. The molecule has 8 nitrogen and oxygen atoms in total. The number of hydrogen-bond acceptors (Lipinski definition) is 8. The Morgan fingerprint density at radius 3 is 2.55 bits per heavy atom. The maximum atomic E-state index is 13.6. The molecule has 0 aliphatic rings. The molecule has 0 aliphatic carbocycles. The number of aldehydes is 1. The Balaban J connectivity index is 1.93. The highest BCUT2D eigenvalue weighted by molar-refractivity contribution is 5.85. The molecule has 2 heterocycles. The highest BCUT2D eigenvalue weighted by Crippen LogP contribution is 2.39. The van der Waals surface area contributed by atoms with Crippen LogP contribution >= 0.6 is 0 Å². The second-order valence-corrected chi connectivity index (χ2v) is 9.29. The normalized spacial score (nSPS) is 12.2. The summed E-state index contributed by atoms with van der Waals surface area (Å²) in [4.78, 5) is 27.2. The first kappa shape index (κ1) is 30.2. The first-order chi connectivity index (χ1) is 19.1. The van der Waals surface area contributed by atoms with Gasteiger partial charge < -0.3 is 15.3 Å². The maximum absolute atomic E-state index is 13.6. The zero-order valence-corrected chi connectivity index (χ0v) is 22.5. The predicted octanol–water partition coefficient (Wildman–Crippen LogP) is 5.65. The van der Waals surface area contributed by atoms with Crippen molar-refractivity contribution < 1.29 is 22.7 Å². The molecule has 0 atom stereocenters. The van der Waals surface area contributed by atoms with E-state index in [1.54, 1.807) is 25.1 Å². The molecule has 0 radical (unpaired) electrons. The fourth-order valence-electron chi connectivity index (χ4n) is 3.91. The van der Waals surface area contributed by atoms with Gasteiger partial charge in [-0.05, 0) is 81.9 Å². The van der Waals surface area contributed by atoms with Gasteiger partial charge in [0.15, 0.2) is 0 Å². The van der Waals surface area contributed by atoms with Crippen molar-refractivity contribution in [2.45, 2.75) is 39.2 Å². The second kappa shape index (κ2) is 13.6. The van der Waals surface area contributed by atoms with Gasteiger partial charge in [-0.3, -0.25) is 15.3 Å². The molecule has 2 aromatic heterocycles. The average molecular weight is 553 g/mol. The molecule has 40 heavy (non-hydrogen) atoms. The van der Waals surface area contributed by atoms with Gasteiger partial charge in [-0.2, -0.15) is 4.98 Å². The summed E-state index contributed by atoms with van der Waals surface area (Å²) in [6.45, 7) is 9.31. The first-order valence-electron chi connectivity index (χ1n) is 12.4. The minimum Gasteiger partial charge on any atom is -0.477 e. The smallest absolute Gasteiger partial charge is 0.280 e. The van der Waals surface area contributed by atoms with E-state index in [-0.39, 0.29) is 25.0 Å². The van der Waals surface area contributed by atoms with Crippen LogP contribution in [0.5, 0.6) is 5.88 Å². The Morgan fingerprint density at radius 1 is 1.18 bits per heavy atom. The molecule has 0 fully saturated rings. The lowest BCUT2D eigenvalue weighted by molar-refractivity contribution is -0.107. The van der Waals surface area contributed by atoms with Crippen LogP contribution < -0.4 is 15.8 Å². The molecule has 0 bridgehead atoms. The van der Waals surface area contributed by atoms with Gasteiger partial charge in [0.05, 0.1) is 35.6 Å². The minimum absolute atomic E-state index is 0.0919. The average Bonchev–Trinajstić information content (AvgIpc) is 2.91. The van der Waals surface area contributed by atoms with Crippen LogP contribution in [0.25, 0.3) is 22.4 Å². The molecular formula is C29H31F3N6O2. The quantitative estimate of drug-likeness (QED) is 0.122. The van der Waals surface area contributed by atoms with Crippen LogP contribution in [0.1, 0.15) is 38.1 Å². The lowest BCUT2D eigenvalue weighted by Gasteiger charge is -2.25. The van der Waals surface area contributed by atoms with E-state index in [1.165, 1.54) is 30.3 Å². The van der Waals surface area contributed by atoms with Crippen LogP contribution in [0.4, 0.5) is 19.1 Å². The minimum atomic E-state index is -2.79. The van der Waals surface area contributed by atoms with Crippen molar-refractivity contribution in [2.75, 3.05) is 18.9 Å². The number of alkyl halides is 2. The predicted molar refractivity (Wildman–Crippen MR) is 150 cm³/mol. The van der Waals surface area contributed by atoms with E-state index in [0.717, 1.165) is 6.29 Å². The second-order valence-electron chi connectivity index (χ2n) is 9.29. The number of halogens is 3. The molecule has 11 heteroatoms. The van der Waals surface area contributed by atoms with E-state index >= 15 is 0 Å². The van der Waals surface area contributed by atoms with E-state index in [9.17, 15) is 18.0 Å². The fourth-order valence-corrected chi connectivity index (χ4v) is 3.91. The van der Waals surface area contributed by atoms with Gasteiger partial charge in [0, 0.05) is 11.3 Å². The SMILES string of the molecule is C=N/C(=C\C=C/CCOc1nc(N)nc(-c2ccc(F)cc2)c1-c1cc(C)nc(C(F)F)c1)C(C)(C)NCC=O. The van der Waals surface area contributed by atoms with Crippen molar-refractivity contribution in [3.05, 3.63) is 77.5 Å². The number of aromatic nitrogens is 3. The third-order valence-electron chi connectivity index (χ3n) is 5.85. The number of carbonyl (C=O) groups is 1. The highest BCUT2D eigenvalue weighted by atomic mass is 19.3. The fraction of sp³-hybridized carbons (Fsp3) is 0.276. The summed E-state index contributed by atoms with van der Waals surface area (Å²) < 4.78 is 46.8. The van der Waals surface area contributed by atoms with Crippen LogP contribution in [0.15, 0.2) is 65.3 Å². The summed E-state index contributed by atoms with van der Waals surface area (Å²) in [7, 11) is 0. The van der Waals surface area contributed by atoms with Gasteiger partial charge in [-0.1, -0.05) is 12.2 Å².